The van der Waals surface area contributed by atoms with Gasteiger partial charge in [0.25, 0.3) is 0 Å². The summed E-state index contributed by atoms with van der Waals surface area (Å²) < 4.78 is 26.5. The molecule has 0 heterocycles. The van der Waals surface area contributed by atoms with Gasteiger partial charge in [-0.25, -0.2) is 8.78 Å². The number of benzene rings is 3. The van der Waals surface area contributed by atoms with Gasteiger partial charge in [-0.2, -0.15) is 0 Å². The molecule has 0 fully saturated rings. The molecule has 2 N–H and O–H groups in total. The summed E-state index contributed by atoms with van der Waals surface area (Å²) in [6, 6.07) is 22.1. The molecule has 0 spiro atoms. The standard InChI is InChI=1S/C24H24F2N2O2/c25-21-12-11-20(13-22(21)26)14-27-24(30)23(17-29)28(15-18-7-3-1-4-8-18)16-19-9-5-2-6-10-19/h1-13,23,29H,14-17H2,(H,27,30). The van der Waals surface area contributed by atoms with Gasteiger partial charge in [0.05, 0.1) is 6.61 Å². The third-order valence-corrected chi connectivity index (χ3v) is 4.82. The molecule has 0 bridgehead atoms. The van der Waals surface area contributed by atoms with Gasteiger partial charge in [-0.1, -0.05) is 66.7 Å². The van der Waals surface area contributed by atoms with E-state index >= 15 is 0 Å². The maximum Gasteiger partial charge on any atom is 0.240 e. The fraction of sp³-hybridized carbons (Fsp3) is 0.208. The second-order valence-corrected chi connectivity index (χ2v) is 7.04. The summed E-state index contributed by atoms with van der Waals surface area (Å²) >= 11 is 0. The number of halogens is 2. The minimum atomic E-state index is -0.963. The van der Waals surface area contributed by atoms with E-state index in [-0.39, 0.29) is 19.1 Å². The summed E-state index contributed by atoms with van der Waals surface area (Å²) in [6.45, 7) is 0.611. The Morgan fingerprint density at radius 3 is 1.90 bits per heavy atom. The zero-order valence-electron chi connectivity index (χ0n) is 16.5. The Hall–Kier alpha value is -3.09. The summed E-state index contributed by atoms with van der Waals surface area (Å²) in [5.41, 5.74) is 2.47. The Morgan fingerprint density at radius 1 is 0.833 bits per heavy atom. The molecule has 0 radical (unpaired) electrons. The van der Waals surface area contributed by atoms with Crippen LogP contribution in [0.4, 0.5) is 8.78 Å². The number of hydrogen-bond donors (Lipinski definition) is 2. The van der Waals surface area contributed by atoms with Crippen molar-refractivity contribution in [2.24, 2.45) is 0 Å². The molecule has 1 unspecified atom stereocenters. The van der Waals surface area contributed by atoms with Crippen molar-refractivity contribution in [2.75, 3.05) is 6.61 Å². The van der Waals surface area contributed by atoms with E-state index in [0.29, 0.717) is 18.7 Å². The third-order valence-electron chi connectivity index (χ3n) is 4.82. The summed E-state index contributed by atoms with van der Waals surface area (Å²) in [7, 11) is 0. The first-order valence-corrected chi connectivity index (χ1v) is 9.71. The maximum atomic E-state index is 13.4. The van der Waals surface area contributed by atoms with Crippen LogP contribution in [-0.4, -0.2) is 28.6 Å². The van der Waals surface area contributed by atoms with Crippen molar-refractivity contribution in [2.45, 2.75) is 25.7 Å². The Bertz CT molecular complexity index is 910. The number of nitrogens with zero attached hydrogens (tertiary/aromatic N) is 1. The van der Waals surface area contributed by atoms with Crippen molar-refractivity contribution in [3.63, 3.8) is 0 Å². The predicted molar refractivity (Wildman–Crippen MR) is 111 cm³/mol. The molecule has 0 aromatic heterocycles. The van der Waals surface area contributed by atoms with Gasteiger partial charge in [-0.05, 0) is 28.8 Å². The fourth-order valence-electron chi connectivity index (χ4n) is 3.23. The lowest BCUT2D eigenvalue weighted by Gasteiger charge is -2.30. The summed E-state index contributed by atoms with van der Waals surface area (Å²) in [5, 5.41) is 12.7. The van der Waals surface area contributed by atoms with Crippen LogP contribution in [0.3, 0.4) is 0 Å². The van der Waals surface area contributed by atoms with Gasteiger partial charge >= 0.3 is 0 Å². The normalized spacial score (nSPS) is 12.0. The van der Waals surface area contributed by atoms with Gasteiger partial charge in [-0.3, -0.25) is 9.69 Å². The van der Waals surface area contributed by atoms with E-state index in [1.165, 1.54) is 6.07 Å². The number of nitrogens with one attached hydrogen (secondary N) is 1. The van der Waals surface area contributed by atoms with E-state index in [0.717, 1.165) is 23.3 Å². The fourth-order valence-corrected chi connectivity index (χ4v) is 3.23. The number of carbonyl (C=O) groups is 1. The molecule has 3 rings (SSSR count). The zero-order valence-corrected chi connectivity index (χ0v) is 16.5. The van der Waals surface area contributed by atoms with Gasteiger partial charge in [-0.15, -0.1) is 0 Å². The monoisotopic (exact) mass is 410 g/mol. The Balaban J connectivity index is 1.74. The minimum Gasteiger partial charge on any atom is -0.394 e. The van der Waals surface area contributed by atoms with Gasteiger partial charge in [0.1, 0.15) is 6.04 Å². The highest BCUT2D eigenvalue weighted by molar-refractivity contribution is 5.81. The minimum absolute atomic E-state index is 0.0387. The molecule has 4 nitrogen and oxygen atoms in total. The van der Waals surface area contributed by atoms with Gasteiger partial charge in [0, 0.05) is 19.6 Å². The number of rotatable bonds is 9. The van der Waals surface area contributed by atoms with Crippen LogP contribution in [0.2, 0.25) is 0 Å². The Labute approximate surface area is 174 Å². The van der Waals surface area contributed by atoms with Crippen molar-refractivity contribution >= 4 is 5.91 Å². The van der Waals surface area contributed by atoms with E-state index < -0.39 is 17.7 Å². The lowest BCUT2D eigenvalue weighted by atomic mass is 10.1. The summed E-state index contributed by atoms with van der Waals surface area (Å²) in [4.78, 5) is 14.7. The van der Waals surface area contributed by atoms with Crippen LogP contribution in [0.15, 0.2) is 78.9 Å². The zero-order chi connectivity index (χ0) is 21.3. The average molecular weight is 410 g/mol. The molecule has 156 valence electrons. The molecule has 0 aliphatic carbocycles. The van der Waals surface area contributed by atoms with Crippen molar-refractivity contribution in [1.82, 2.24) is 10.2 Å². The van der Waals surface area contributed by atoms with Crippen molar-refractivity contribution in [3.8, 4) is 0 Å². The van der Waals surface area contributed by atoms with Crippen LogP contribution in [0.1, 0.15) is 16.7 Å². The molecular formula is C24H24F2N2O2. The number of aliphatic hydroxyl groups excluding tert-OH is 1. The highest BCUT2D eigenvalue weighted by Crippen LogP contribution is 2.14. The molecule has 3 aromatic rings. The Kier molecular flexibility index (Phi) is 7.65. The smallest absolute Gasteiger partial charge is 0.240 e. The lowest BCUT2D eigenvalue weighted by molar-refractivity contribution is -0.128. The maximum absolute atomic E-state index is 13.4. The second kappa shape index (κ2) is 10.6. The van der Waals surface area contributed by atoms with Crippen molar-refractivity contribution in [1.29, 1.82) is 0 Å². The van der Waals surface area contributed by atoms with Crippen molar-refractivity contribution in [3.05, 3.63) is 107 Å². The van der Waals surface area contributed by atoms with E-state index in [4.69, 9.17) is 0 Å². The molecule has 6 heteroatoms. The number of hydrogen-bond acceptors (Lipinski definition) is 3. The summed E-state index contributed by atoms with van der Waals surface area (Å²) in [6.07, 6.45) is 0. The van der Waals surface area contributed by atoms with Gasteiger partial charge < -0.3 is 10.4 Å². The number of amides is 1. The molecule has 0 saturated heterocycles. The van der Waals surface area contributed by atoms with Crippen LogP contribution in [0.25, 0.3) is 0 Å². The van der Waals surface area contributed by atoms with Crippen LogP contribution in [-0.2, 0) is 24.4 Å². The third kappa shape index (κ3) is 5.95. The van der Waals surface area contributed by atoms with Gasteiger partial charge in [0.15, 0.2) is 11.6 Å². The van der Waals surface area contributed by atoms with E-state index in [9.17, 15) is 18.7 Å². The molecule has 0 saturated carbocycles. The first-order valence-electron chi connectivity index (χ1n) is 9.71. The second-order valence-electron chi connectivity index (χ2n) is 7.04. The quantitative estimate of drug-likeness (QED) is 0.566. The van der Waals surface area contributed by atoms with E-state index in [1.54, 1.807) is 0 Å². The molecule has 1 amide bonds. The predicted octanol–water partition coefficient (Wildman–Crippen LogP) is 3.64. The Morgan fingerprint density at radius 2 is 1.40 bits per heavy atom. The van der Waals surface area contributed by atoms with Crippen molar-refractivity contribution < 1.29 is 18.7 Å². The van der Waals surface area contributed by atoms with Crippen LogP contribution in [0.5, 0.6) is 0 Å². The van der Waals surface area contributed by atoms with E-state index in [1.807, 2.05) is 65.6 Å². The number of carbonyl (C=O) groups excluding carboxylic acids is 1. The molecule has 0 aliphatic heterocycles. The van der Waals surface area contributed by atoms with E-state index in [2.05, 4.69) is 5.32 Å². The highest BCUT2D eigenvalue weighted by atomic mass is 19.2. The SMILES string of the molecule is O=C(NCc1ccc(F)c(F)c1)C(CO)N(Cc1ccccc1)Cc1ccccc1. The first kappa shape index (κ1) is 21.6. The molecule has 1 atom stereocenters. The van der Waals surface area contributed by atoms with Gasteiger partial charge in [0.2, 0.25) is 5.91 Å². The van der Waals surface area contributed by atoms with Crippen LogP contribution < -0.4 is 5.32 Å². The molecular weight excluding hydrogens is 386 g/mol. The highest BCUT2D eigenvalue weighted by Gasteiger charge is 2.25. The van der Waals surface area contributed by atoms with Crippen LogP contribution in [0, 0.1) is 11.6 Å². The molecule has 30 heavy (non-hydrogen) atoms. The summed E-state index contributed by atoms with van der Waals surface area (Å²) in [5.74, 6) is -2.28. The van der Waals surface area contributed by atoms with Crippen LogP contribution >= 0.6 is 0 Å². The topological polar surface area (TPSA) is 52.6 Å². The average Bonchev–Trinajstić information content (AvgIpc) is 2.76. The molecule has 0 aliphatic rings. The largest absolute Gasteiger partial charge is 0.394 e. The lowest BCUT2D eigenvalue weighted by Crippen LogP contribution is -2.48. The number of aliphatic hydroxyl groups is 1. The molecule has 3 aromatic carbocycles. The first-order chi connectivity index (χ1) is 14.6.